The van der Waals surface area contributed by atoms with Gasteiger partial charge in [-0.2, -0.15) is 0 Å². The summed E-state index contributed by atoms with van der Waals surface area (Å²) in [7, 11) is -1.47. The van der Waals surface area contributed by atoms with Crippen LogP contribution in [-0.2, 0) is 22.9 Å². The highest BCUT2D eigenvalue weighted by Crippen LogP contribution is 2.23. The van der Waals surface area contributed by atoms with Gasteiger partial charge in [-0.3, -0.25) is 4.99 Å². The van der Waals surface area contributed by atoms with E-state index < -0.39 is 9.84 Å². The summed E-state index contributed by atoms with van der Waals surface area (Å²) in [4.78, 5) is 4.64. The predicted molar refractivity (Wildman–Crippen MR) is 141 cm³/mol. The van der Waals surface area contributed by atoms with Crippen molar-refractivity contribution >= 4 is 39.8 Å². The van der Waals surface area contributed by atoms with Crippen LogP contribution in [0.4, 0.5) is 0 Å². The number of aliphatic imine (C=N–C) groups is 1. The number of aryl methyl sites for hydroxylation is 1. The summed E-state index contributed by atoms with van der Waals surface area (Å²) in [5.41, 5.74) is 2.89. The van der Waals surface area contributed by atoms with Crippen LogP contribution in [0.2, 0.25) is 0 Å². The second-order valence-electron chi connectivity index (χ2n) is 8.17. The van der Waals surface area contributed by atoms with Gasteiger partial charge >= 0.3 is 0 Å². The van der Waals surface area contributed by atoms with Gasteiger partial charge in [0.2, 0.25) is 0 Å². The average Bonchev–Trinajstić information content (AvgIpc) is 2.75. The van der Waals surface area contributed by atoms with Crippen molar-refractivity contribution in [3.63, 3.8) is 0 Å². The van der Waals surface area contributed by atoms with Crippen molar-refractivity contribution in [3.8, 4) is 5.75 Å². The molecule has 0 heterocycles. The van der Waals surface area contributed by atoms with Gasteiger partial charge in [-0.15, -0.1) is 24.0 Å². The van der Waals surface area contributed by atoms with Crippen LogP contribution in [0.1, 0.15) is 48.8 Å². The van der Waals surface area contributed by atoms with Crippen LogP contribution < -0.4 is 15.4 Å². The van der Waals surface area contributed by atoms with Crippen molar-refractivity contribution in [2.75, 3.05) is 13.3 Å². The number of hydrogen-bond donors (Lipinski definition) is 2. The summed E-state index contributed by atoms with van der Waals surface area (Å²) >= 11 is 0. The molecule has 6 nitrogen and oxygen atoms in total. The highest BCUT2D eigenvalue weighted by molar-refractivity contribution is 14.0. The molecule has 0 bridgehead atoms. The third-order valence-corrected chi connectivity index (χ3v) is 6.82. The largest absolute Gasteiger partial charge is 0.490 e. The molecule has 0 radical (unpaired) electrons. The SMILES string of the molecule is CN=C(NCc1ccc(OC2CCCCC2)cc1)NCc1ccc(S(C)(=O)=O)c(C)c1.I. The molecule has 176 valence electrons. The summed E-state index contributed by atoms with van der Waals surface area (Å²) in [6.07, 6.45) is 7.75. The van der Waals surface area contributed by atoms with Crippen LogP contribution in [0, 0.1) is 6.92 Å². The lowest BCUT2D eigenvalue weighted by atomic mass is 9.98. The molecule has 0 spiro atoms. The maximum Gasteiger partial charge on any atom is 0.191 e. The molecule has 0 unspecified atom stereocenters. The molecule has 32 heavy (non-hydrogen) atoms. The lowest BCUT2D eigenvalue weighted by Crippen LogP contribution is -2.36. The fourth-order valence-corrected chi connectivity index (χ4v) is 4.85. The van der Waals surface area contributed by atoms with E-state index in [0.717, 1.165) is 35.3 Å². The Balaban J connectivity index is 0.00000363. The van der Waals surface area contributed by atoms with Crippen LogP contribution in [-0.4, -0.2) is 33.8 Å². The Morgan fingerprint density at radius 1 is 1.00 bits per heavy atom. The number of rotatable bonds is 7. The van der Waals surface area contributed by atoms with Crippen molar-refractivity contribution < 1.29 is 13.2 Å². The number of guanidine groups is 1. The van der Waals surface area contributed by atoms with Gasteiger partial charge < -0.3 is 15.4 Å². The lowest BCUT2D eigenvalue weighted by Gasteiger charge is -2.23. The van der Waals surface area contributed by atoms with Crippen molar-refractivity contribution in [2.45, 2.75) is 63.1 Å². The van der Waals surface area contributed by atoms with Crippen molar-refractivity contribution in [1.29, 1.82) is 0 Å². The lowest BCUT2D eigenvalue weighted by molar-refractivity contribution is 0.155. The third-order valence-electron chi connectivity index (χ3n) is 5.56. The summed E-state index contributed by atoms with van der Waals surface area (Å²) in [5.74, 6) is 1.62. The second kappa shape index (κ2) is 12.4. The Kier molecular flexibility index (Phi) is 10.3. The molecule has 2 aromatic rings. The smallest absolute Gasteiger partial charge is 0.191 e. The molecule has 1 aliphatic rings. The highest BCUT2D eigenvalue weighted by atomic mass is 127. The van der Waals surface area contributed by atoms with Crippen molar-refractivity contribution in [3.05, 3.63) is 59.2 Å². The van der Waals surface area contributed by atoms with Crippen molar-refractivity contribution in [1.82, 2.24) is 10.6 Å². The molecular weight excluding hydrogens is 537 g/mol. The van der Waals surface area contributed by atoms with Crippen molar-refractivity contribution in [2.24, 2.45) is 4.99 Å². The minimum Gasteiger partial charge on any atom is -0.490 e. The third kappa shape index (κ3) is 7.95. The summed E-state index contributed by atoms with van der Waals surface area (Å²) in [6, 6.07) is 13.6. The topological polar surface area (TPSA) is 79.8 Å². The molecule has 1 saturated carbocycles. The molecule has 1 aliphatic carbocycles. The van der Waals surface area contributed by atoms with E-state index in [9.17, 15) is 8.42 Å². The highest BCUT2D eigenvalue weighted by Gasteiger charge is 2.14. The molecular formula is C24H34IN3O3S. The standard InChI is InChI=1S/C24H33N3O3S.HI/c1-18-15-20(11-14-23(18)31(3,28)29)17-27-24(25-2)26-16-19-9-12-22(13-10-19)30-21-7-5-4-6-8-21;/h9-15,21H,4-8,16-17H2,1-3H3,(H2,25,26,27);1H. The first-order valence-electron chi connectivity index (χ1n) is 10.8. The monoisotopic (exact) mass is 571 g/mol. The average molecular weight is 572 g/mol. The number of sulfone groups is 1. The van der Waals surface area contributed by atoms with E-state index in [1.165, 1.54) is 25.5 Å². The van der Waals surface area contributed by atoms with E-state index in [-0.39, 0.29) is 24.0 Å². The number of ether oxygens (including phenoxy) is 1. The number of hydrogen-bond acceptors (Lipinski definition) is 4. The number of nitrogens with zero attached hydrogens (tertiary/aromatic N) is 1. The van der Waals surface area contributed by atoms with Gasteiger partial charge in [0.25, 0.3) is 0 Å². The molecule has 0 atom stereocenters. The first-order valence-corrected chi connectivity index (χ1v) is 12.7. The Hall–Kier alpha value is -1.81. The van der Waals surface area contributed by atoms with Gasteiger partial charge in [0.05, 0.1) is 11.0 Å². The van der Waals surface area contributed by atoms with Gasteiger partial charge in [0, 0.05) is 26.4 Å². The molecule has 0 aromatic heterocycles. The Bertz CT molecular complexity index is 1000. The normalized spacial score (nSPS) is 15.0. The van der Waals surface area contributed by atoms with Crippen LogP contribution in [0.5, 0.6) is 5.75 Å². The number of halogens is 1. The zero-order chi connectivity index (χ0) is 22.3. The summed E-state index contributed by atoms with van der Waals surface area (Å²) in [6.45, 7) is 3.02. The molecule has 0 saturated heterocycles. The van der Waals surface area contributed by atoms with Gasteiger partial charge in [-0.1, -0.05) is 30.7 Å². The first-order chi connectivity index (χ1) is 14.8. The van der Waals surface area contributed by atoms with Crippen LogP contribution in [0.3, 0.4) is 0 Å². The zero-order valence-corrected chi connectivity index (χ0v) is 22.2. The molecule has 2 N–H and O–H groups in total. The van der Waals surface area contributed by atoms with E-state index in [4.69, 9.17) is 4.74 Å². The molecule has 1 fully saturated rings. The fraction of sp³-hybridized carbons (Fsp3) is 0.458. The molecule has 0 aliphatic heterocycles. The Morgan fingerprint density at radius 2 is 1.59 bits per heavy atom. The first kappa shape index (κ1) is 26.4. The van der Waals surface area contributed by atoms with Crippen LogP contribution >= 0.6 is 24.0 Å². The zero-order valence-electron chi connectivity index (χ0n) is 19.1. The van der Waals surface area contributed by atoms with E-state index >= 15 is 0 Å². The second-order valence-corrected chi connectivity index (χ2v) is 10.2. The molecule has 3 rings (SSSR count). The van der Waals surface area contributed by atoms with Crippen LogP contribution in [0.25, 0.3) is 0 Å². The van der Waals surface area contributed by atoms with Crippen LogP contribution in [0.15, 0.2) is 52.4 Å². The number of benzene rings is 2. The van der Waals surface area contributed by atoms with E-state index in [2.05, 4.69) is 27.8 Å². The minimum atomic E-state index is -3.20. The summed E-state index contributed by atoms with van der Waals surface area (Å²) < 4.78 is 29.6. The number of nitrogens with one attached hydrogen (secondary N) is 2. The maximum absolute atomic E-state index is 11.8. The van der Waals surface area contributed by atoms with Gasteiger partial charge in [0.15, 0.2) is 15.8 Å². The van der Waals surface area contributed by atoms with E-state index in [1.807, 2.05) is 31.2 Å². The maximum atomic E-state index is 11.8. The predicted octanol–water partition coefficient (Wildman–Crippen LogP) is 4.59. The summed E-state index contributed by atoms with van der Waals surface area (Å²) in [5, 5.41) is 6.58. The minimum absolute atomic E-state index is 0. The van der Waals surface area contributed by atoms with E-state index in [1.54, 1.807) is 13.1 Å². The Labute approximate surface area is 209 Å². The van der Waals surface area contributed by atoms with E-state index in [0.29, 0.717) is 30.0 Å². The Morgan fingerprint density at radius 3 is 2.16 bits per heavy atom. The molecule has 0 amide bonds. The fourth-order valence-electron chi connectivity index (χ4n) is 3.89. The molecule has 2 aromatic carbocycles. The van der Waals surface area contributed by atoms with Gasteiger partial charge in [0.1, 0.15) is 5.75 Å². The molecule has 8 heteroatoms. The van der Waals surface area contributed by atoms with Gasteiger partial charge in [-0.05, 0) is 67.5 Å². The quantitative estimate of drug-likeness (QED) is 0.289. The van der Waals surface area contributed by atoms with Gasteiger partial charge in [-0.25, -0.2) is 8.42 Å².